The predicted octanol–water partition coefficient (Wildman–Crippen LogP) is 3.80. The number of amides is 1. The van der Waals surface area contributed by atoms with E-state index in [2.05, 4.69) is 64.7 Å². The molecule has 0 atom stereocenters. The zero-order valence-electron chi connectivity index (χ0n) is 16.9. The third kappa shape index (κ3) is 4.80. The number of anilines is 1. The van der Waals surface area contributed by atoms with E-state index in [1.54, 1.807) is 0 Å². The van der Waals surface area contributed by atoms with E-state index in [9.17, 15) is 4.79 Å². The summed E-state index contributed by atoms with van der Waals surface area (Å²) in [6, 6.07) is 16.6. The van der Waals surface area contributed by atoms with Crippen molar-refractivity contribution in [1.29, 1.82) is 0 Å². The van der Waals surface area contributed by atoms with Crippen LogP contribution in [0.3, 0.4) is 0 Å². The van der Waals surface area contributed by atoms with Crippen molar-refractivity contribution >= 4 is 24.3 Å². The number of carbonyl (C=O) groups excluding carboxylic acids is 1. The van der Waals surface area contributed by atoms with Crippen LogP contribution < -0.4 is 4.90 Å². The first kappa shape index (κ1) is 20.9. The number of halogens is 1. The Morgan fingerprint density at radius 1 is 0.966 bits per heavy atom. The fourth-order valence-corrected chi connectivity index (χ4v) is 3.70. The summed E-state index contributed by atoms with van der Waals surface area (Å²) in [5.74, 6) is 1.14. The first-order valence-electron chi connectivity index (χ1n) is 9.79. The van der Waals surface area contributed by atoms with E-state index in [0.29, 0.717) is 6.42 Å². The summed E-state index contributed by atoms with van der Waals surface area (Å²) in [5, 5.41) is 0. The number of carbonyl (C=O) groups is 1. The largest absolute Gasteiger partial charge is 0.339 e. The summed E-state index contributed by atoms with van der Waals surface area (Å²) in [4.78, 5) is 21.5. The molecule has 2 heterocycles. The minimum Gasteiger partial charge on any atom is -0.339 e. The first-order chi connectivity index (χ1) is 13.6. The smallest absolute Gasteiger partial charge is 0.227 e. The van der Waals surface area contributed by atoms with Crippen LogP contribution in [-0.4, -0.2) is 46.5 Å². The number of nitrogens with zero attached hydrogens (tertiary/aromatic N) is 4. The first-order valence-corrected chi connectivity index (χ1v) is 9.79. The van der Waals surface area contributed by atoms with Gasteiger partial charge in [-0.15, -0.1) is 12.4 Å². The fourth-order valence-electron chi connectivity index (χ4n) is 3.70. The van der Waals surface area contributed by atoms with Crippen LogP contribution in [0, 0.1) is 13.8 Å². The lowest BCUT2D eigenvalue weighted by Crippen LogP contribution is -2.49. The van der Waals surface area contributed by atoms with Gasteiger partial charge in [-0.05, 0) is 31.5 Å². The number of hydrogen-bond donors (Lipinski definition) is 0. The van der Waals surface area contributed by atoms with Crippen molar-refractivity contribution in [3.8, 4) is 5.69 Å². The number of piperazine rings is 1. The molecule has 0 aliphatic carbocycles. The molecule has 0 N–H and O–H groups in total. The minimum atomic E-state index is 0. The Bertz CT molecular complexity index is 959. The maximum atomic E-state index is 12.7. The second-order valence-corrected chi connectivity index (χ2v) is 7.47. The van der Waals surface area contributed by atoms with Crippen LogP contribution in [0.2, 0.25) is 0 Å². The highest BCUT2D eigenvalue weighted by Gasteiger charge is 2.23. The van der Waals surface area contributed by atoms with Crippen LogP contribution in [0.25, 0.3) is 5.69 Å². The van der Waals surface area contributed by atoms with Gasteiger partial charge < -0.3 is 9.80 Å². The molecule has 4 rings (SSSR count). The Balaban J connectivity index is 0.00000240. The van der Waals surface area contributed by atoms with E-state index in [0.717, 1.165) is 43.4 Å². The van der Waals surface area contributed by atoms with Crippen LogP contribution in [0.5, 0.6) is 0 Å². The second-order valence-electron chi connectivity index (χ2n) is 7.47. The average molecular weight is 411 g/mol. The molecule has 0 unspecified atom stereocenters. The van der Waals surface area contributed by atoms with Gasteiger partial charge in [-0.25, -0.2) is 4.98 Å². The average Bonchev–Trinajstić information content (AvgIpc) is 3.18. The standard InChI is InChI=1S/C23H26N4O.ClH/c1-18-6-8-21(9-7-18)27-11-10-24-23(27)26-14-12-25(13-15-26)22(28)17-20-5-3-4-19(2)16-20;/h3-11,16H,12-15,17H2,1-2H3;1H. The molecule has 1 aromatic heterocycles. The zero-order valence-corrected chi connectivity index (χ0v) is 17.7. The molecule has 1 fully saturated rings. The van der Waals surface area contributed by atoms with Gasteiger partial charge in [0.25, 0.3) is 0 Å². The maximum absolute atomic E-state index is 12.7. The lowest BCUT2D eigenvalue weighted by Gasteiger charge is -2.35. The van der Waals surface area contributed by atoms with Crippen LogP contribution in [0.4, 0.5) is 5.95 Å². The summed E-state index contributed by atoms with van der Waals surface area (Å²) in [7, 11) is 0. The normalized spacial score (nSPS) is 13.9. The molecule has 1 amide bonds. The molecule has 1 aliphatic rings. The van der Waals surface area contributed by atoms with Crippen molar-refractivity contribution in [3.05, 3.63) is 77.6 Å². The van der Waals surface area contributed by atoms with Gasteiger partial charge in [-0.3, -0.25) is 9.36 Å². The highest BCUT2D eigenvalue weighted by molar-refractivity contribution is 5.85. The van der Waals surface area contributed by atoms with Gasteiger partial charge in [0, 0.05) is 44.3 Å². The summed E-state index contributed by atoms with van der Waals surface area (Å²) in [6.45, 7) is 7.19. The molecule has 2 aromatic carbocycles. The van der Waals surface area contributed by atoms with E-state index < -0.39 is 0 Å². The molecule has 0 spiro atoms. The topological polar surface area (TPSA) is 41.4 Å². The van der Waals surface area contributed by atoms with Gasteiger partial charge in [0.2, 0.25) is 11.9 Å². The lowest BCUT2D eigenvalue weighted by molar-refractivity contribution is -0.130. The van der Waals surface area contributed by atoms with Crippen molar-refractivity contribution in [2.45, 2.75) is 20.3 Å². The lowest BCUT2D eigenvalue weighted by atomic mass is 10.1. The fraction of sp³-hybridized carbons (Fsp3) is 0.304. The van der Waals surface area contributed by atoms with Gasteiger partial charge in [0.1, 0.15) is 0 Å². The summed E-state index contributed by atoms with van der Waals surface area (Å²) >= 11 is 0. The molecule has 1 aliphatic heterocycles. The van der Waals surface area contributed by atoms with E-state index in [1.807, 2.05) is 29.4 Å². The Labute approximate surface area is 178 Å². The van der Waals surface area contributed by atoms with E-state index in [1.165, 1.54) is 11.1 Å². The van der Waals surface area contributed by atoms with E-state index >= 15 is 0 Å². The number of aryl methyl sites for hydroxylation is 2. The van der Waals surface area contributed by atoms with Crippen molar-refractivity contribution in [2.24, 2.45) is 0 Å². The highest BCUT2D eigenvalue weighted by Crippen LogP contribution is 2.20. The Kier molecular flexibility index (Phi) is 6.60. The highest BCUT2D eigenvalue weighted by atomic mass is 35.5. The van der Waals surface area contributed by atoms with Gasteiger partial charge >= 0.3 is 0 Å². The van der Waals surface area contributed by atoms with E-state index in [4.69, 9.17) is 0 Å². The van der Waals surface area contributed by atoms with Crippen LogP contribution >= 0.6 is 12.4 Å². The SMILES string of the molecule is Cc1ccc(-n2ccnc2N2CCN(C(=O)Cc3cccc(C)c3)CC2)cc1.Cl. The molecule has 6 heteroatoms. The van der Waals surface area contributed by atoms with Crippen molar-refractivity contribution in [2.75, 3.05) is 31.1 Å². The van der Waals surface area contributed by atoms with Gasteiger partial charge in [-0.2, -0.15) is 0 Å². The maximum Gasteiger partial charge on any atom is 0.227 e. The molecule has 0 saturated carbocycles. The second kappa shape index (κ2) is 9.14. The number of hydrogen-bond acceptors (Lipinski definition) is 3. The molecule has 29 heavy (non-hydrogen) atoms. The number of aromatic nitrogens is 2. The molecule has 152 valence electrons. The molecule has 1 saturated heterocycles. The molecule has 0 bridgehead atoms. The summed E-state index contributed by atoms with van der Waals surface area (Å²) in [6.07, 6.45) is 4.30. The van der Waals surface area contributed by atoms with Gasteiger partial charge in [-0.1, -0.05) is 47.5 Å². The van der Waals surface area contributed by atoms with Gasteiger partial charge in [0.05, 0.1) is 6.42 Å². The number of rotatable bonds is 4. The number of imidazole rings is 1. The van der Waals surface area contributed by atoms with Crippen LogP contribution in [0.1, 0.15) is 16.7 Å². The molecular weight excluding hydrogens is 384 g/mol. The van der Waals surface area contributed by atoms with E-state index in [-0.39, 0.29) is 18.3 Å². The van der Waals surface area contributed by atoms with Crippen molar-refractivity contribution in [3.63, 3.8) is 0 Å². The third-order valence-electron chi connectivity index (χ3n) is 5.29. The van der Waals surface area contributed by atoms with Crippen LogP contribution in [0.15, 0.2) is 60.9 Å². The predicted molar refractivity (Wildman–Crippen MR) is 119 cm³/mol. The Morgan fingerprint density at radius 2 is 1.69 bits per heavy atom. The zero-order chi connectivity index (χ0) is 19.5. The molecule has 3 aromatic rings. The Hall–Kier alpha value is -2.79. The monoisotopic (exact) mass is 410 g/mol. The quantitative estimate of drug-likeness (QED) is 0.656. The number of benzene rings is 2. The van der Waals surface area contributed by atoms with Crippen molar-refractivity contribution in [1.82, 2.24) is 14.5 Å². The Morgan fingerprint density at radius 3 is 2.38 bits per heavy atom. The minimum absolute atomic E-state index is 0. The summed E-state index contributed by atoms with van der Waals surface area (Å²) in [5.41, 5.74) is 4.63. The van der Waals surface area contributed by atoms with Crippen molar-refractivity contribution < 1.29 is 4.79 Å². The molecule has 5 nitrogen and oxygen atoms in total. The molecular formula is C23H27ClN4O. The van der Waals surface area contributed by atoms with Crippen LogP contribution in [-0.2, 0) is 11.2 Å². The van der Waals surface area contributed by atoms with Gasteiger partial charge in [0.15, 0.2) is 0 Å². The molecule has 0 radical (unpaired) electrons. The third-order valence-corrected chi connectivity index (χ3v) is 5.29. The summed E-state index contributed by atoms with van der Waals surface area (Å²) < 4.78 is 2.11.